The smallest absolute Gasteiger partial charge is 0.302 e. The van der Waals surface area contributed by atoms with Gasteiger partial charge in [0, 0.05) is 25.2 Å². The Labute approximate surface area is 131 Å². The van der Waals surface area contributed by atoms with Gasteiger partial charge in [-0.25, -0.2) is 0 Å². The second-order valence-corrected chi connectivity index (χ2v) is 7.72. The summed E-state index contributed by atoms with van der Waals surface area (Å²) in [5, 5.41) is 21.5. The van der Waals surface area contributed by atoms with Gasteiger partial charge in [-0.1, -0.05) is 20.8 Å². The van der Waals surface area contributed by atoms with E-state index in [0.717, 1.165) is 6.42 Å². The van der Waals surface area contributed by atoms with Gasteiger partial charge in [-0.15, -0.1) is 0 Å². The molecular formula is C17H26O5. The third kappa shape index (κ3) is 1.56. The quantitative estimate of drug-likeness (QED) is 0.713. The monoisotopic (exact) mass is 310 g/mol. The number of esters is 1. The van der Waals surface area contributed by atoms with Crippen LogP contribution in [0.3, 0.4) is 0 Å². The van der Waals surface area contributed by atoms with Crippen molar-refractivity contribution in [2.45, 2.75) is 65.3 Å². The summed E-state index contributed by atoms with van der Waals surface area (Å²) in [5.74, 6) is -0.716. The second-order valence-electron chi connectivity index (χ2n) is 7.72. The van der Waals surface area contributed by atoms with Crippen LogP contribution in [-0.4, -0.2) is 40.3 Å². The lowest BCUT2D eigenvalue weighted by Crippen LogP contribution is -2.67. The highest BCUT2D eigenvalue weighted by molar-refractivity contribution is 5.93. The molecule has 2 N–H and O–H groups in total. The highest BCUT2D eigenvalue weighted by Crippen LogP contribution is 2.70. The Bertz CT molecular complexity index is 517. The van der Waals surface area contributed by atoms with Crippen molar-refractivity contribution in [2.75, 3.05) is 0 Å². The summed E-state index contributed by atoms with van der Waals surface area (Å²) in [6.45, 7) is 7.30. The molecule has 5 nitrogen and oxygen atoms in total. The first kappa shape index (κ1) is 15.9. The van der Waals surface area contributed by atoms with Crippen LogP contribution >= 0.6 is 0 Å². The van der Waals surface area contributed by atoms with Gasteiger partial charge in [-0.2, -0.15) is 0 Å². The van der Waals surface area contributed by atoms with Crippen molar-refractivity contribution in [3.05, 3.63) is 0 Å². The number of aliphatic hydroxyl groups is 2. The molecule has 0 aromatic rings. The van der Waals surface area contributed by atoms with Crippen molar-refractivity contribution in [1.29, 1.82) is 0 Å². The summed E-state index contributed by atoms with van der Waals surface area (Å²) >= 11 is 0. The van der Waals surface area contributed by atoms with Crippen LogP contribution in [-0.2, 0) is 14.3 Å². The topological polar surface area (TPSA) is 83.8 Å². The largest absolute Gasteiger partial charge is 0.462 e. The van der Waals surface area contributed by atoms with E-state index in [1.165, 1.54) is 6.92 Å². The summed E-state index contributed by atoms with van der Waals surface area (Å²) in [6, 6.07) is 0. The molecule has 0 saturated heterocycles. The van der Waals surface area contributed by atoms with Gasteiger partial charge in [0.1, 0.15) is 11.9 Å². The lowest BCUT2D eigenvalue weighted by Gasteiger charge is -2.60. The van der Waals surface area contributed by atoms with Crippen molar-refractivity contribution in [3.63, 3.8) is 0 Å². The fourth-order valence-corrected chi connectivity index (χ4v) is 6.14. The highest BCUT2D eigenvalue weighted by Gasteiger charge is 2.77. The van der Waals surface area contributed by atoms with E-state index in [-0.39, 0.29) is 35.9 Å². The van der Waals surface area contributed by atoms with Crippen LogP contribution in [0.4, 0.5) is 0 Å². The van der Waals surface area contributed by atoms with Crippen LogP contribution in [0.1, 0.15) is 47.0 Å². The maximum Gasteiger partial charge on any atom is 0.302 e. The van der Waals surface area contributed by atoms with Crippen molar-refractivity contribution >= 4 is 11.8 Å². The fourth-order valence-electron chi connectivity index (χ4n) is 6.14. The Morgan fingerprint density at radius 2 is 1.86 bits per heavy atom. The van der Waals surface area contributed by atoms with Gasteiger partial charge in [-0.05, 0) is 24.2 Å². The van der Waals surface area contributed by atoms with Crippen LogP contribution in [0.2, 0.25) is 0 Å². The average Bonchev–Trinajstić information content (AvgIpc) is 2.55. The molecule has 3 aliphatic carbocycles. The summed E-state index contributed by atoms with van der Waals surface area (Å²) in [7, 11) is 0. The van der Waals surface area contributed by atoms with Gasteiger partial charge in [0.25, 0.3) is 0 Å². The number of carbonyl (C=O) groups is 2. The molecule has 0 aromatic heterocycles. The zero-order chi connectivity index (χ0) is 16.4. The van der Waals surface area contributed by atoms with Gasteiger partial charge in [0.15, 0.2) is 0 Å². The summed E-state index contributed by atoms with van der Waals surface area (Å²) in [4.78, 5) is 24.5. The maximum absolute atomic E-state index is 13.1. The van der Waals surface area contributed by atoms with Crippen LogP contribution in [0.25, 0.3) is 0 Å². The fraction of sp³-hybridized carbons (Fsp3) is 0.882. The molecule has 124 valence electrons. The van der Waals surface area contributed by atoms with Crippen molar-refractivity contribution in [2.24, 2.45) is 28.6 Å². The number of Topliss-reactive ketones (excluding diaryl/α,β-unsaturated/α-hetero) is 1. The standard InChI is InChI=1S/C17H26O5/c1-8-5-6-12(19)17-13(20)7-11(22-10(3)18)14(16(8,17)4)9(2)15(17)21/h8-9,11-14,19-20H,5-7H2,1-4H3. The van der Waals surface area contributed by atoms with E-state index in [1.807, 2.05) is 13.8 Å². The van der Waals surface area contributed by atoms with Crippen LogP contribution < -0.4 is 0 Å². The minimum absolute atomic E-state index is 0.0544. The highest BCUT2D eigenvalue weighted by atomic mass is 16.5. The normalized spacial score (nSPS) is 54.0. The average molecular weight is 310 g/mol. The molecule has 0 radical (unpaired) electrons. The number of rotatable bonds is 1. The molecule has 8 atom stereocenters. The molecule has 22 heavy (non-hydrogen) atoms. The zero-order valence-electron chi connectivity index (χ0n) is 13.7. The lowest BCUT2D eigenvalue weighted by molar-refractivity contribution is -0.228. The number of hydrogen-bond donors (Lipinski definition) is 2. The Morgan fingerprint density at radius 3 is 2.45 bits per heavy atom. The molecule has 2 bridgehead atoms. The SMILES string of the molecule is CC(=O)OC1CC(O)C23C(=O)C(C)C1C2(C)C(C)CCC3O. The molecule has 0 amide bonds. The number of hydrogen-bond acceptors (Lipinski definition) is 5. The van der Waals surface area contributed by atoms with E-state index in [1.54, 1.807) is 0 Å². The van der Waals surface area contributed by atoms with E-state index < -0.39 is 29.1 Å². The second kappa shape index (κ2) is 4.78. The number of aliphatic hydroxyl groups excluding tert-OH is 2. The van der Waals surface area contributed by atoms with Crippen LogP contribution in [0.15, 0.2) is 0 Å². The number of ether oxygens (including phenoxy) is 1. The molecule has 0 spiro atoms. The summed E-state index contributed by atoms with van der Waals surface area (Å²) in [6.07, 6.45) is -0.651. The van der Waals surface area contributed by atoms with E-state index >= 15 is 0 Å². The third-order valence-corrected chi connectivity index (χ3v) is 7.07. The lowest BCUT2D eigenvalue weighted by atomic mass is 9.45. The first-order valence-electron chi connectivity index (χ1n) is 8.26. The molecule has 0 heterocycles. The maximum atomic E-state index is 13.1. The van der Waals surface area contributed by atoms with E-state index in [9.17, 15) is 19.8 Å². The zero-order valence-corrected chi connectivity index (χ0v) is 13.7. The van der Waals surface area contributed by atoms with Crippen LogP contribution in [0, 0.1) is 28.6 Å². The Morgan fingerprint density at radius 1 is 1.23 bits per heavy atom. The van der Waals surface area contributed by atoms with Gasteiger partial charge in [-0.3, -0.25) is 9.59 Å². The molecular weight excluding hydrogens is 284 g/mol. The molecule has 5 heteroatoms. The molecule has 3 saturated carbocycles. The predicted molar refractivity (Wildman–Crippen MR) is 78.8 cm³/mol. The Hall–Kier alpha value is -0.940. The third-order valence-electron chi connectivity index (χ3n) is 7.07. The van der Waals surface area contributed by atoms with Gasteiger partial charge < -0.3 is 14.9 Å². The van der Waals surface area contributed by atoms with Crippen molar-refractivity contribution < 1.29 is 24.5 Å². The van der Waals surface area contributed by atoms with Gasteiger partial charge in [0.05, 0.1) is 17.6 Å². The van der Waals surface area contributed by atoms with E-state index in [0.29, 0.717) is 6.42 Å². The molecule has 0 aliphatic heterocycles. The molecule has 8 unspecified atom stereocenters. The predicted octanol–water partition coefficient (Wildman–Crippen LogP) is 1.30. The van der Waals surface area contributed by atoms with E-state index in [4.69, 9.17) is 4.74 Å². The van der Waals surface area contributed by atoms with Crippen molar-refractivity contribution in [3.8, 4) is 0 Å². The van der Waals surface area contributed by atoms with Crippen molar-refractivity contribution in [1.82, 2.24) is 0 Å². The number of ketones is 1. The van der Waals surface area contributed by atoms with E-state index in [2.05, 4.69) is 6.92 Å². The van der Waals surface area contributed by atoms with Gasteiger partial charge >= 0.3 is 5.97 Å². The molecule has 3 rings (SSSR count). The minimum Gasteiger partial charge on any atom is -0.462 e. The summed E-state index contributed by atoms with van der Waals surface area (Å²) in [5.41, 5.74) is -1.65. The van der Waals surface area contributed by atoms with Gasteiger partial charge in [0.2, 0.25) is 0 Å². The molecule has 3 fully saturated rings. The molecule has 0 aromatic carbocycles. The Balaban J connectivity index is 2.17. The van der Waals surface area contributed by atoms with Crippen LogP contribution in [0.5, 0.6) is 0 Å². The minimum atomic E-state index is -1.11. The Kier molecular flexibility index (Phi) is 3.46. The summed E-state index contributed by atoms with van der Waals surface area (Å²) < 4.78 is 5.47. The molecule has 3 aliphatic rings. The first-order chi connectivity index (χ1) is 10.2. The first-order valence-corrected chi connectivity index (χ1v) is 8.26. The number of carbonyl (C=O) groups excluding carboxylic acids is 2.